The summed E-state index contributed by atoms with van der Waals surface area (Å²) in [4.78, 5) is 25.0. The average Bonchev–Trinajstić information content (AvgIpc) is 3.07. The molecule has 2 aromatic rings. The lowest BCUT2D eigenvalue weighted by molar-refractivity contribution is -0.138. The molecule has 0 fully saturated rings. The van der Waals surface area contributed by atoms with Crippen LogP contribution < -0.4 is 0 Å². The minimum Gasteiger partial charge on any atom is -0.480 e. The van der Waals surface area contributed by atoms with Gasteiger partial charge < -0.3 is 14.7 Å². The third-order valence-electron chi connectivity index (χ3n) is 4.24. The Labute approximate surface area is 153 Å². The second kappa shape index (κ2) is 7.40. The number of nitrogens with zero attached hydrogens (tertiary/aromatic N) is 1. The SMILES string of the molecule is O=C(O)CN(Cc1ccc(C(F)(F)F)cc1)C(=O)c1ccc2c(c1)COC2. The van der Waals surface area contributed by atoms with Crippen LogP contribution in [0.4, 0.5) is 13.2 Å². The fourth-order valence-corrected chi connectivity index (χ4v) is 2.87. The lowest BCUT2D eigenvalue weighted by atomic mass is 10.0. The van der Waals surface area contributed by atoms with E-state index in [9.17, 15) is 22.8 Å². The highest BCUT2D eigenvalue weighted by Gasteiger charge is 2.30. The second-order valence-corrected chi connectivity index (χ2v) is 6.23. The smallest absolute Gasteiger partial charge is 0.416 e. The van der Waals surface area contributed by atoms with Gasteiger partial charge in [-0.3, -0.25) is 9.59 Å². The maximum atomic E-state index is 12.8. The first-order valence-corrected chi connectivity index (χ1v) is 8.11. The minimum atomic E-state index is -4.46. The zero-order valence-electron chi connectivity index (χ0n) is 14.1. The van der Waals surface area contributed by atoms with Crippen LogP contribution in [0.3, 0.4) is 0 Å². The molecule has 0 radical (unpaired) electrons. The topological polar surface area (TPSA) is 66.8 Å². The van der Waals surface area contributed by atoms with Crippen LogP contribution in [-0.4, -0.2) is 28.4 Å². The van der Waals surface area contributed by atoms with Crippen LogP contribution in [0.1, 0.15) is 32.6 Å². The number of hydrogen-bond acceptors (Lipinski definition) is 3. The van der Waals surface area contributed by atoms with Gasteiger partial charge in [0.25, 0.3) is 5.91 Å². The molecule has 1 heterocycles. The van der Waals surface area contributed by atoms with Gasteiger partial charge in [-0.25, -0.2) is 0 Å². The van der Waals surface area contributed by atoms with Crippen molar-refractivity contribution in [2.45, 2.75) is 25.9 Å². The number of carbonyl (C=O) groups is 2. The normalized spacial score (nSPS) is 13.3. The van der Waals surface area contributed by atoms with Gasteiger partial charge in [-0.05, 0) is 41.0 Å². The standard InChI is InChI=1S/C19H16F3NO4/c20-19(21,22)16-5-1-12(2-6-16)8-23(9-17(24)25)18(26)13-3-4-14-10-27-11-15(14)7-13/h1-7H,8-11H2,(H,24,25). The Bertz CT molecular complexity index is 862. The van der Waals surface area contributed by atoms with Gasteiger partial charge in [-0.1, -0.05) is 18.2 Å². The van der Waals surface area contributed by atoms with Crippen LogP contribution in [0.25, 0.3) is 0 Å². The first-order valence-electron chi connectivity index (χ1n) is 8.11. The Morgan fingerprint density at radius 3 is 2.33 bits per heavy atom. The quantitative estimate of drug-likeness (QED) is 0.864. The Hall–Kier alpha value is -2.87. The molecule has 0 aliphatic carbocycles. The lowest BCUT2D eigenvalue weighted by Crippen LogP contribution is -2.35. The molecule has 0 unspecified atom stereocenters. The molecule has 0 spiro atoms. The average molecular weight is 379 g/mol. The number of carboxylic acid groups (broad SMARTS) is 1. The summed E-state index contributed by atoms with van der Waals surface area (Å²) in [6.45, 7) is 0.173. The number of ether oxygens (including phenoxy) is 1. The summed E-state index contributed by atoms with van der Waals surface area (Å²) < 4.78 is 43.3. The highest BCUT2D eigenvalue weighted by atomic mass is 19.4. The van der Waals surface area contributed by atoms with Crippen molar-refractivity contribution < 1.29 is 32.6 Å². The van der Waals surface area contributed by atoms with Crippen molar-refractivity contribution in [3.05, 3.63) is 70.3 Å². The van der Waals surface area contributed by atoms with Crippen LogP contribution in [0.15, 0.2) is 42.5 Å². The summed E-state index contributed by atoms with van der Waals surface area (Å²) in [5.41, 5.74) is 1.75. The van der Waals surface area contributed by atoms with Gasteiger partial charge in [0.15, 0.2) is 0 Å². The van der Waals surface area contributed by atoms with E-state index in [0.717, 1.165) is 28.2 Å². The van der Waals surface area contributed by atoms with Gasteiger partial charge in [0.05, 0.1) is 18.8 Å². The molecule has 27 heavy (non-hydrogen) atoms. The molecule has 0 aromatic heterocycles. The maximum absolute atomic E-state index is 12.8. The molecule has 0 saturated heterocycles. The van der Waals surface area contributed by atoms with Gasteiger partial charge in [0.1, 0.15) is 6.54 Å². The molecule has 1 aliphatic heterocycles. The number of aliphatic carboxylic acids is 1. The van der Waals surface area contributed by atoms with Crippen LogP contribution in [-0.2, 0) is 35.5 Å². The predicted octanol–water partition coefficient (Wildman–Crippen LogP) is 3.46. The number of benzene rings is 2. The summed E-state index contributed by atoms with van der Waals surface area (Å²) in [5, 5.41) is 9.10. The number of halogens is 3. The van der Waals surface area contributed by atoms with E-state index in [2.05, 4.69) is 0 Å². The van der Waals surface area contributed by atoms with E-state index in [-0.39, 0.29) is 6.54 Å². The molecule has 0 atom stereocenters. The van der Waals surface area contributed by atoms with E-state index in [1.54, 1.807) is 18.2 Å². The van der Waals surface area contributed by atoms with E-state index < -0.39 is 30.2 Å². The molecule has 8 heteroatoms. The van der Waals surface area contributed by atoms with Crippen molar-refractivity contribution in [3.8, 4) is 0 Å². The number of alkyl halides is 3. The monoisotopic (exact) mass is 379 g/mol. The number of rotatable bonds is 5. The summed E-state index contributed by atoms with van der Waals surface area (Å²) in [6, 6.07) is 9.30. The number of carboxylic acids is 1. The van der Waals surface area contributed by atoms with E-state index in [4.69, 9.17) is 9.84 Å². The molecule has 0 bridgehead atoms. The fourth-order valence-electron chi connectivity index (χ4n) is 2.87. The van der Waals surface area contributed by atoms with Crippen LogP contribution >= 0.6 is 0 Å². The van der Waals surface area contributed by atoms with Gasteiger partial charge in [-0.15, -0.1) is 0 Å². The molecule has 3 rings (SSSR count). The molecular formula is C19H16F3NO4. The number of fused-ring (bicyclic) bond motifs is 1. The third-order valence-corrected chi connectivity index (χ3v) is 4.24. The summed E-state index contributed by atoms with van der Waals surface area (Å²) in [7, 11) is 0. The molecule has 2 aromatic carbocycles. The first-order chi connectivity index (χ1) is 12.7. The van der Waals surface area contributed by atoms with Crippen molar-refractivity contribution in [3.63, 3.8) is 0 Å². The molecule has 1 N–H and O–H groups in total. The van der Waals surface area contributed by atoms with Gasteiger partial charge in [0.2, 0.25) is 0 Å². The summed E-state index contributed by atoms with van der Waals surface area (Å²) in [5.74, 6) is -1.72. The first kappa shape index (κ1) is 18.9. The Kier molecular flexibility index (Phi) is 5.18. The van der Waals surface area contributed by atoms with Crippen LogP contribution in [0.2, 0.25) is 0 Å². The zero-order chi connectivity index (χ0) is 19.6. The molecule has 142 valence electrons. The largest absolute Gasteiger partial charge is 0.480 e. The Balaban J connectivity index is 1.81. The van der Waals surface area contributed by atoms with Crippen LogP contribution in [0, 0.1) is 0 Å². The number of carbonyl (C=O) groups excluding carboxylic acids is 1. The zero-order valence-corrected chi connectivity index (χ0v) is 14.1. The Morgan fingerprint density at radius 2 is 1.70 bits per heavy atom. The highest BCUT2D eigenvalue weighted by Crippen LogP contribution is 2.29. The van der Waals surface area contributed by atoms with Crippen molar-refractivity contribution in [2.24, 2.45) is 0 Å². The highest BCUT2D eigenvalue weighted by molar-refractivity contribution is 5.96. The van der Waals surface area contributed by atoms with Gasteiger partial charge in [-0.2, -0.15) is 13.2 Å². The van der Waals surface area contributed by atoms with Gasteiger partial charge >= 0.3 is 12.1 Å². The Morgan fingerprint density at radius 1 is 1.04 bits per heavy atom. The summed E-state index contributed by atoms with van der Waals surface area (Å²) in [6.07, 6.45) is -4.46. The van der Waals surface area contributed by atoms with Gasteiger partial charge in [0, 0.05) is 12.1 Å². The van der Waals surface area contributed by atoms with E-state index in [1.165, 1.54) is 12.1 Å². The number of amides is 1. The lowest BCUT2D eigenvalue weighted by Gasteiger charge is -2.21. The molecule has 1 amide bonds. The second-order valence-electron chi connectivity index (χ2n) is 6.23. The van der Waals surface area contributed by atoms with E-state index >= 15 is 0 Å². The predicted molar refractivity (Wildman–Crippen MR) is 88.8 cm³/mol. The molecule has 5 nitrogen and oxygen atoms in total. The van der Waals surface area contributed by atoms with Crippen molar-refractivity contribution in [2.75, 3.05) is 6.54 Å². The summed E-state index contributed by atoms with van der Waals surface area (Å²) >= 11 is 0. The fraction of sp³-hybridized carbons (Fsp3) is 0.263. The van der Waals surface area contributed by atoms with E-state index in [0.29, 0.717) is 24.3 Å². The minimum absolute atomic E-state index is 0.114. The van der Waals surface area contributed by atoms with Crippen LogP contribution in [0.5, 0.6) is 0 Å². The van der Waals surface area contributed by atoms with Crippen molar-refractivity contribution >= 4 is 11.9 Å². The van der Waals surface area contributed by atoms with Crippen molar-refractivity contribution in [1.82, 2.24) is 4.90 Å². The van der Waals surface area contributed by atoms with Crippen molar-refractivity contribution in [1.29, 1.82) is 0 Å². The molecule has 1 aliphatic rings. The molecular weight excluding hydrogens is 363 g/mol. The van der Waals surface area contributed by atoms with E-state index in [1.807, 2.05) is 0 Å². The molecule has 0 saturated carbocycles. The number of hydrogen-bond donors (Lipinski definition) is 1. The third kappa shape index (κ3) is 4.46. The maximum Gasteiger partial charge on any atom is 0.416 e.